The molecule has 1 aliphatic rings. The normalized spacial score (nSPS) is 17.9. The maximum absolute atomic E-state index is 12.3. The largest absolute Gasteiger partial charge is 0.338 e. The molecular formula is C15H22BrClN2O. The number of nitrogens with zero attached hydrogens (tertiary/aromatic N) is 1. The number of hydrogen-bond acceptors (Lipinski definition) is 2. The van der Waals surface area contributed by atoms with Gasteiger partial charge in [-0.15, -0.1) is 12.4 Å². The van der Waals surface area contributed by atoms with Crippen molar-refractivity contribution >= 4 is 34.2 Å². The van der Waals surface area contributed by atoms with Crippen molar-refractivity contribution in [1.82, 2.24) is 10.2 Å². The monoisotopic (exact) mass is 360 g/mol. The van der Waals surface area contributed by atoms with E-state index in [2.05, 4.69) is 38.3 Å². The van der Waals surface area contributed by atoms with Crippen LogP contribution in [0.4, 0.5) is 0 Å². The Hall–Kier alpha value is -0.580. The maximum Gasteiger partial charge on any atom is 0.223 e. The fourth-order valence-corrected chi connectivity index (χ4v) is 2.92. The zero-order chi connectivity index (χ0) is 13.7. The van der Waals surface area contributed by atoms with E-state index in [4.69, 9.17) is 0 Å². The Kier molecular flexibility index (Phi) is 7.56. The molecule has 1 fully saturated rings. The second-order valence-corrected chi connectivity index (χ2v) is 5.98. The lowest BCUT2D eigenvalue weighted by Crippen LogP contribution is -2.40. The minimum Gasteiger partial charge on any atom is -0.338 e. The highest BCUT2D eigenvalue weighted by atomic mass is 79.9. The van der Waals surface area contributed by atoms with Crippen LogP contribution in [0.5, 0.6) is 0 Å². The van der Waals surface area contributed by atoms with Gasteiger partial charge in [0.2, 0.25) is 5.91 Å². The van der Waals surface area contributed by atoms with Crippen molar-refractivity contribution < 1.29 is 4.79 Å². The number of likely N-dealkylation sites (N-methyl/N-ethyl adjacent to an activating group) is 1. The Bertz CT molecular complexity index is 424. The molecule has 1 aliphatic heterocycles. The van der Waals surface area contributed by atoms with Crippen LogP contribution in [0.15, 0.2) is 28.7 Å². The number of amides is 1. The zero-order valence-electron chi connectivity index (χ0n) is 11.8. The Morgan fingerprint density at radius 1 is 1.40 bits per heavy atom. The molecule has 2 rings (SSSR count). The molecule has 0 bridgehead atoms. The van der Waals surface area contributed by atoms with E-state index in [1.54, 1.807) is 0 Å². The number of likely N-dealkylation sites (tertiary alicyclic amines) is 1. The number of carbonyl (C=O) groups is 1. The molecule has 112 valence electrons. The first-order chi connectivity index (χ1) is 9.20. The second-order valence-electron chi connectivity index (χ2n) is 5.07. The Labute approximate surface area is 135 Å². The van der Waals surface area contributed by atoms with Crippen molar-refractivity contribution in [3.63, 3.8) is 0 Å². The summed E-state index contributed by atoms with van der Waals surface area (Å²) >= 11 is 3.42. The summed E-state index contributed by atoms with van der Waals surface area (Å²) in [5, 5.41) is 3.18. The van der Waals surface area contributed by atoms with Gasteiger partial charge in [-0.05, 0) is 44.0 Å². The molecule has 0 radical (unpaired) electrons. The van der Waals surface area contributed by atoms with Gasteiger partial charge in [-0.25, -0.2) is 0 Å². The first kappa shape index (κ1) is 17.5. The van der Waals surface area contributed by atoms with Crippen LogP contribution in [0.3, 0.4) is 0 Å². The van der Waals surface area contributed by atoms with Crippen molar-refractivity contribution in [1.29, 1.82) is 0 Å². The predicted molar refractivity (Wildman–Crippen MR) is 88.4 cm³/mol. The molecule has 0 spiro atoms. The number of nitrogens with one attached hydrogen (secondary N) is 1. The zero-order valence-corrected chi connectivity index (χ0v) is 14.2. The first-order valence-corrected chi connectivity index (χ1v) is 7.68. The van der Waals surface area contributed by atoms with E-state index < -0.39 is 0 Å². The highest BCUT2D eigenvalue weighted by molar-refractivity contribution is 9.10. The third-order valence-electron chi connectivity index (χ3n) is 3.68. The number of aryl methyl sites for hydroxylation is 1. The van der Waals surface area contributed by atoms with Crippen LogP contribution in [0.25, 0.3) is 0 Å². The van der Waals surface area contributed by atoms with Crippen molar-refractivity contribution in [3.05, 3.63) is 34.3 Å². The van der Waals surface area contributed by atoms with E-state index in [0.29, 0.717) is 18.4 Å². The number of halogens is 2. The summed E-state index contributed by atoms with van der Waals surface area (Å²) in [6.07, 6.45) is 3.71. The molecule has 1 N–H and O–H groups in total. The molecule has 1 aromatic carbocycles. The van der Waals surface area contributed by atoms with Crippen LogP contribution in [0.1, 0.15) is 24.8 Å². The molecule has 1 saturated heterocycles. The van der Waals surface area contributed by atoms with Crippen molar-refractivity contribution in [2.45, 2.75) is 31.7 Å². The van der Waals surface area contributed by atoms with Crippen molar-refractivity contribution in [2.75, 3.05) is 20.1 Å². The highest BCUT2D eigenvalue weighted by Gasteiger charge is 2.27. The van der Waals surface area contributed by atoms with E-state index in [0.717, 1.165) is 36.8 Å². The van der Waals surface area contributed by atoms with Crippen LogP contribution >= 0.6 is 28.3 Å². The average Bonchev–Trinajstić information content (AvgIpc) is 2.86. The summed E-state index contributed by atoms with van der Waals surface area (Å²) in [6.45, 7) is 1.83. The first-order valence-electron chi connectivity index (χ1n) is 6.89. The predicted octanol–water partition coefficient (Wildman–Crippen LogP) is 3.01. The van der Waals surface area contributed by atoms with Crippen LogP contribution < -0.4 is 5.32 Å². The van der Waals surface area contributed by atoms with Crippen molar-refractivity contribution in [3.8, 4) is 0 Å². The fraction of sp³-hybridized carbons (Fsp3) is 0.533. The standard InChI is InChI=1S/C15H21BrN2O.ClH/c1-17-11-14-3-2-10-18(14)15(19)9-6-12-4-7-13(16)8-5-12;/h4-5,7-8,14,17H,2-3,6,9-11H2,1H3;1H. The topological polar surface area (TPSA) is 32.3 Å². The molecule has 1 aromatic rings. The van der Waals surface area contributed by atoms with Gasteiger partial charge >= 0.3 is 0 Å². The lowest BCUT2D eigenvalue weighted by molar-refractivity contribution is -0.131. The van der Waals surface area contributed by atoms with Crippen LogP contribution in [0, 0.1) is 0 Å². The fourth-order valence-electron chi connectivity index (χ4n) is 2.66. The Balaban J connectivity index is 0.00000200. The third-order valence-corrected chi connectivity index (χ3v) is 4.21. The molecule has 1 atom stereocenters. The number of rotatable bonds is 5. The summed E-state index contributed by atoms with van der Waals surface area (Å²) in [4.78, 5) is 14.3. The molecule has 5 heteroatoms. The van der Waals surface area contributed by atoms with Gasteiger partial charge in [0.05, 0.1) is 0 Å². The summed E-state index contributed by atoms with van der Waals surface area (Å²) in [7, 11) is 1.95. The molecular weight excluding hydrogens is 340 g/mol. The molecule has 3 nitrogen and oxygen atoms in total. The van der Waals surface area contributed by atoms with E-state index in [1.807, 2.05) is 19.2 Å². The van der Waals surface area contributed by atoms with Crippen LogP contribution in [-0.4, -0.2) is 37.0 Å². The lowest BCUT2D eigenvalue weighted by atomic mass is 10.1. The van der Waals surface area contributed by atoms with Gasteiger partial charge in [0.25, 0.3) is 0 Å². The van der Waals surface area contributed by atoms with Gasteiger partial charge < -0.3 is 10.2 Å². The van der Waals surface area contributed by atoms with Crippen molar-refractivity contribution in [2.24, 2.45) is 0 Å². The smallest absolute Gasteiger partial charge is 0.223 e. The van der Waals surface area contributed by atoms with E-state index in [1.165, 1.54) is 5.56 Å². The minimum absolute atomic E-state index is 0. The molecule has 1 unspecified atom stereocenters. The summed E-state index contributed by atoms with van der Waals surface area (Å²) < 4.78 is 1.08. The molecule has 1 amide bonds. The van der Waals surface area contributed by atoms with Gasteiger partial charge in [-0.1, -0.05) is 28.1 Å². The third kappa shape index (κ3) is 4.76. The molecule has 0 saturated carbocycles. The highest BCUT2D eigenvalue weighted by Crippen LogP contribution is 2.19. The summed E-state index contributed by atoms with van der Waals surface area (Å²) in [5.74, 6) is 0.292. The number of carbonyl (C=O) groups excluding carboxylic acids is 1. The van der Waals surface area contributed by atoms with Gasteiger partial charge in [-0.2, -0.15) is 0 Å². The van der Waals surface area contributed by atoms with Gasteiger partial charge in [0.15, 0.2) is 0 Å². The SMILES string of the molecule is CNCC1CCCN1C(=O)CCc1ccc(Br)cc1.Cl. The van der Waals surface area contributed by atoms with Gasteiger partial charge in [-0.3, -0.25) is 4.79 Å². The maximum atomic E-state index is 12.3. The van der Waals surface area contributed by atoms with Crippen LogP contribution in [-0.2, 0) is 11.2 Å². The Morgan fingerprint density at radius 3 is 2.75 bits per heavy atom. The minimum atomic E-state index is 0. The molecule has 1 heterocycles. The average molecular weight is 362 g/mol. The molecule has 0 aromatic heterocycles. The number of benzene rings is 1. The van der Waals surface area contributed by atoms with Crippen LogP contribution in [0.2, 0.25) is 0 Å². The molecule has 20 heavy (non-hydrogen) atoms. The summed E-state index contributed by atoms with van der Waals surface area (Å²) in [5.41, 5.74) is 1.22. The van der Waals surface area contributed by atoms with E-state index in [-0.39, 0.29) is 12.4 Å². The quantitative estimate of drug-likeness (QED) is 0.874. The van der Waals surface area contributed by atoms with Gasteiger partial charge in [0.1, 0.15) is 0 Å². The Morgan fingerprint density at radius 2 is 2.10 bits per heavy atom. The number of hydrogen-bond donors (Lipinski definition) is 1. The van der Waals surface area contributed by atoms with E-state index in [9.17, 15) is 4.79 Å². The van der Waals surface area contributed by atoms with E-state index >= 15 is 0 Å². The lowest BCUT2D eigenvalue weighted by Gasteiger charge is -2.24. The second kappa shape index (κ2) is 8.65. The van der Waals surface area contributed by atoms with Gasteiger partial charge in [0, 0.05) is 30.0 Å². The summed E-state index contributed by atoms with van der Waals surface area (Å²) in [6, 6.07) is 8.60. The molecule has 0 aliphatic carbocycles.